The Morgan fingerprint density at radius 2 is 1.40 bits per heavy atom. The van der Waals surface area contributed by atoms with Crippen molar-refractivity contribution in [2.75, 3.05) is 12.5 Å². The van der Waals surface area contributed by atoms with Crippen LogP contribution in [0.3, 0.4) is 0 Å². The van der Waals surface area contributed by atoms with Crippen molar-refractivity contribution in [3.63, 3.8) is 0 Å². The van der Waals surface area contributed by atoms with Crippen LogP contribution in [0.5, 0.6) is 0 Å². The topological polar surface area (TPSA) is 94.3 Å². The SMILES string of the molecule is CCCCCC(N)(S(C)(=O)=O)S(C)(=O)=O. The van der Waals surface area contributed by atoms with Gasteiger partial charge in [-0.05, 0) is 12.8 Å². The molecule has 0 spiro atoms. The Labute approximate surface area is 91.9 Å². The van der Waals surface area contributed by atoms with E-state index >= 15 is 0 Å². The molecule has 0 heterocycles. The van der Waals surface area contributed by atoms with E-state index in [1.165, 1.54) is 0 Å². The van der Waals surface area contributed by atoms with Gasteiger partial charge in [-0.2, -0.15) is 0 Å². The van der Waals surface area contributed by atoms with Gasteiger partial charge < -0.3 is 0 Å². The molecule has 2 N–H and O–H groups in total. The highest BCUT2D eigenvalue weighted by atomic mass is 32.3. The first kappa shape index (κ1) is 14.9. The second-order valence-electron chi connectivity index (χ2n) is 3.81. The molecule has 0 atom stereocenters. The van der Waals surface area contributed by atoms with Crippen molar-refractivity contribution < 1.29 is 16.8 Å². The average molecular weight is 257 g/mol. The van der Waals surface area contributed by atoms with E-state index in [1.54, 1.807) is 0 Å². The lowest BCUT2D eigenvalue weighted by molar-refractivity contribution is 0.520. The molecule has 0 aromatic rings. The molecule has 0 bridgehead atoms. The van der Waals surface area contributed by atoms with Crippen LogP contribution in [0, 0.1) is 0 Å². The van der Waals surface area contributed by atoms with Crippen LogP contribution in [0.25, 0.3) is 0 Å². The van der Waals surface area contributed by atoms with E-state index in [-0.39, 0.29) is 6.42 Å². The molecule has 0 aromatic heterocycles. The summed E-state index contributed by atoms with van der Waals surface area (Å²) in [7, 11) is -7.63. The standard InChI is InChI=1S/C8H19NO4S2/c1-4-5-6-7-8(9,14(2,10)11)15(3,12)13/h4-7,9H2,1-3H3. The number of nitrogens with two attached hydrogens (primary N) is 1. The largest absolute Gasteiger partial charge is 0.300 e. The molecule has 7 heteroatoms. The molecule has 0 fully saturated rings. The normalized spacial score (nSPS) is 14.1. The van der Waals surface area contributed by atoms with Gasteiger partial charge in [-0.25, -0.2) is 16.8 Å². The van der Waals surface area contributed by atoms with Gasteiger partial charge in [-0.3, -0.25) is 5.73 Å². The smallest absolute Gasteiger partial charge is 0.220 e. The van der Waals surface area contributed by atoms with E-state index < -0.39 is 23.9 Å². The Morgan fingerprint density at radius 3 is 1.67 bits per heavy atom. The summed E-state index contributed by atoms with van der Waals surface area (Å²) in [5.41, 5.74) is 5.52. The molecule has 15 heavy (non-hydrogen) atoms. The molecule has 0 aromatic carbocycles. The Bertz CT molecular complexity index is 364. The van der Waals surface area contributed by atoms with Crippen LogP contribution >= 0.6 is 0 Å². The summed E-state index contributed by atoms with van der Waals surface area (Å²) in [5, 5.41) is 0. The van der Waals surface area contributed by atoms with Crippen LogP contribution in [-0.2, 0) is 19.7 Å². The van der Waals surface area contributed by atoms with Crippen LogP contribution in [0.2, 0.25) is 0 Å². The Hall–Kier alpha value is -0.140. The molecule has 0 amide bonds. The van der Waals surface area contributed by atoms with Crippen molar-refractivity contribution in [2.45, 2.75) is 36.8 Å². The molecule has 0 aliphatic carbocycles. The second-order valence-corrected chi connectivity index (χ2v) is 8.62. The Morgan fingerprint density at radius 1 is 1.00 bits per heavy atom. The number of sulfone groups is 2. The van der Waals surface area contributed by atoms with E-state index in [2.05, 4.69) is 0 Å². The van der Waals surface area contributed by atoms with Crippen molar-refractivity contribution in [1.29, 1.82) is 0 Å². The maximum atomic E-state index is 11.4. The Balaban J connectivity index is 5.09. The van der Waals surface area contributed by atoms with Crippen molar-refractivity contribution in [3.8, 4) is 0 Å². The summed E-state index contributed by atoms with van der Waals surface area (Å²) in [6.07, 6.45) is 3.82. The molecule has 0 radical (unpaired) electrons. The highest BCUT2D eigenvalue weighted by Crippen LogP contribution is 2.24. The first-order chi connectivity index (χ1) is 6.56. The maximum absolute atomic E-state index is 11.4. The Kier molecular flexibility index (Phi) is 4.75. The number of hydrogen-bond acceptors (Lipinski definition) is 5. The first-order valence-electron chi connectivity index (χ1n) is 4.74. The third kappa shape index (κ3) is 3.42. The van der Waals surface area contributed by atoms with Crippen LogP contribution in [0.4, 0.5) is 0 Å². The van der Waals surface area contributed by atoms with E-state index in [0.717, 1.165) is 25.4 Å². The van der Waals surface area contributed by atoms with Gasteiger partial charge in [0.2, 0.25) is 4.20 Å². The van der Waals surface area contributed by atoms with Gasteiger partial charge in [0.1, 0.15) is 0 Å². The van der Waals surface area contributed by atoms with E-state index in [1.807, 2.05) is 6.92 Å². The van der Waals surface area contributed by atoms with Crippen LogP contribution in [0.1, 0.15) is 32.6 Å². The zero-order chi connectivity index (χ0) is 12.3. The lowest BCUT2D eigenvalue weighted by Gasteiger charge is -2.25. The zero-order valence-electron chi connectivity index (χ0n) is 9.36. The van der Waals surface area contributed by atoms with Crippen molar-refractivity contribution in [3.05, 3.63) is 0 Å². The number of hydrogen-bond donors (Lipinski definition) is 1. The van der Waals surface area contributed by atoms with Gasteiger partial charge in [-0.15, -0.1) is 0 Å². The quantitative estimate of drug-likeness (QED) is 0.689. The summed E-state index contributed by atoms with van der Waals surface area (Å²) in [5.74, 6) is 0. The molecule has 0 aliphatic rings. The van der Waals surface area contributed by atoms with Gasteiger partial charge in [0.05, 0.1) is 0 Å². The third-order valence-corrected chi connectivity index (χ3v) is 7.12. The predicted octanol–water partition coefficient (Wildman–Crippen LogP) is 0.268. The van der Waals surface area contributed by atoms with E-state index in [4.69, 9.17) is 5.73 Å². The van der Waals surface area contributed by atoms with E-state index in [9.17, 15) is 16.8 Å². The lowest BCUT2D eigenvalue weighted by atomic mass is 10.2. The molecule has 0 unspecified atom stereocenters. The number of rotatable bonds is 6. The van der Waals surface area contributed by atoms with Crippen molar-refractivity contribution in [1.82, 2.24) is 0 Å². The minimum absolute atomic E-state index is 0.0431. The molecule has 0 aliphatic heterocycles. The molecule has 0 saturated heterocycles. The summed E-state index contributed by atoms with van der Waals surface area (Å²) in [6, 6.07) is 0. The van der Waals surface area contributed by atoms with Crippen molar-refractivity contribution in [2.24, 2.45) is 5.73 Å². The molecule has 0 rings (SSSR count). The van der Waals surface area contributed by atoms with E-state index in [0.29, 0.717) is 6.42 Å². The predicted molar refractivity (Wildman–Crippen MR) is 60.7 cm³/mol. The summed E-state index contributed by atoms with van der Waals surface area (Å²) >= 11 is 0. The van der Waals surface area contributed by atoms with Crippen LogP contribution < -0.4 is 5.73 Å². The highest BCUT2D eigenvalue weighted by Gasteiger charge is 2.45. The van der Waals surface area contributed by atoms with Crippen molar-refractivity contribution >= 4 is 19.7 Å². The fourth-order valence-electron chi connectivity index (χ4n) is 1.27. The average Bonchev–Trinajstić information content (AvgIpc) is 2.00. The summed E-state index contributed by atoms with van der Waals surface area (Å²) in [4.78, 5) is 0. The maximum Gasteiger partial charge on any atom is 0.220 e. The van der Waals surface area contributed by atoms with Gasteiger partial charge in [-0.1, -0.05) is 19.8 Å². The number of unbranched alkanes of at least 4 members (excludes halogenated alkanes) is 2. The lowest BCUT2D eigenvalue weighted by Crippen LogP contribution is -2.53. The summed E-state index contributed by atoms with van der Waals surface area (Å²) < 4.78 is 43.4. The van der Waals surface area contributed by atoms with Gasteiger partial charge >= 0.3 is 0 Å². The zero-order valence-corrected chi connectivity index (χ0v) is 11.0. The van der Waals surface area contributed by atoms with Crippen LogP contribution in [-0.4, -0.2) is 33.6 Å². The molecular weight excluding hydrogens is 238 g/mol. The molecule has 0 saturated carbocycles. The minimum Gasteiger partial charge on any atom is -0.300 e. The molecular formula is C8H19NO4S2. The second kappa shape index (κ2) is 4.80. The molecule has 92 valence electrons. The van der Waals surface area contributed by atoms with Gasteiger partial charge in [0.15, 0.2) is 19.7 Å². The highest BCUT2D eigenvalue weighted by molar-refractivity contribution is 8.09. The molecule has 5 nitrogen and oxygen atoms in total. The van der Waals surface area contributed by atoms with Gasteiger partial charge in [0, 0.05) is 12.5 Å². The monoisotopic (exact) mass is 257 g/mol. The van der Waals surface area contributed by atoms with Gasteiger partial charge in [0.25, 0.3) is 0 Å². The first-order valence-corrected chi connectivity index (χ1v) is 8.52. The third-order valence-electron chi connectivity index (χ3n) is 2.38. The summed E-state index contributed by atoms with van der Waals surface area (Å²) in [6.45, 7) is 1.94. The fraction of sp³-hybridized carbons (Fsp3) is 1.00. The van der Waals surface area contributed by atoms with Crippen LogP contribution in [0.15, 0.2) is 0 Å². The minimum atomic E-state index is -3.81. The fourth-order valence-corrected chi connectivity index (χ4v) is 4.50.